The summed E-state index contributed by atoms with van der Waals surface area (Å²) in [5, 5.41) is 17.0. The van der Waals surface area contributed by atoms with Gasteiger partial charge < -0.3 is 14.9 Å². The van der Waals surface area contributed by atoms with E-state index in [1.165, 1.54) is 19.1 Å². The minimum Gasteiger partial charge on any atom is -0.480 e. The predicted molar refractivity (Wildman–Crippen MR) is 79.0 cm³/mol. The highest BCUT2D eigenvalue weighted by molar-refractivity contribution is 6.09. The summed E-state index contributed by atoms with van der Waals surface area (Å²) in [7, 11) is 0. The highest BCUT2D eigenvalue weighted by Crippen LogP contribution is 2.17. The molecular formula is C16H13NO4. The molecule has 0 saturated heterocycles. The van der Waals surface area contributed by atoms with Gasteiger partial charge in [-0.2, -0.15) is 0 Å². The first-order valence-corrected chi connectivity index (χ1v) is 6.19. The number of carbonyl (C=O) groups excluding carboxylic acids is 1. The molecule has 0 spiro atoms. The van der Waals surface area contributed by atoms with E-state index in [4.69, 9.17) is 5.41 Å². The second-order valence-electron chi connectivity index (χ2n) is 4.40. The Morgan fingerprint density at radius 2 is 1.90 bits per heavy atom. The summed E-state index contributed by atoms with van der Waals surface area (Å²) in [6.45, 7) is 1.40. The molecule has 0 aliphatic rings. The van der Waals surface area contributed by atoms with Gasteiger partial charge in [0.2, 0.25) is 0 Å². The number of ketones is 1. The van der Waals surface area contributed by atoms with Gasteiger partial charge in [0.25, 0.3) is 5.95 Å². The molecule has 0 unspecified atom stereocenters. The van der Waals surface area contributed by atoms with Crippen LogP contribution in [0.1, 0.15) is 28.4 Å². The SMILES string of the molecule is CC(=N)c1cc(C(=O)/C=C/c2ccccc2)c(O)oc1=O. The van der Waals surface area contributed by atoms with Gasteiger partial charge in [0.15, 0.2) is 5.78 Å². The molecule has 0 saturated carbocycles. The average Bonchev–Trinajstić information content (AvgIpc) is 2.45. The van der Waals surface area contributed by atoms with Crippen LogP contribution >= 0.6 is 0 Å². The molecule has 0 bridgehead atoms. The zero-order chi connectivity index (χ0) is 15.4. The zero-order valence-electron chi connectivity index (χ0n) is 11.3. The lowest BCUT2D eigenvalue weighted by Gasteiger charge is -2.02. The Morgan fingerprint density at radius 3 is 2.52 bits per heavy atom. The fourth-order valence-electron chi connectivity index (χ4n) is 1.73. The van der Waals surface area contributed by atoms with E-state index in [1.54, 1.807) is 6.08 Å². The quantitative estimate of drug-likeness (QED) is 0.512. The van der Waals surface area contributed by atoms with Crippen molar-refractivity contribution in [1.82, 2.24) is 0 Å². The van der Waals surface area contributed by atoms with E-state index in [9.17, 15) is 14.7 Å². The van der Waals surface area contributed by atoms with E-state index in [-0.39, 0.29) is 16.8 Å². The van der Waals surface area contributed by atoms with Crippen LogP contribution in [0.4, 0.5) is 0 Å². The van der Waals surface area contributed by atoms with Gasteiger partial charge in [0.05, 0.1) is 5.56 Å². The van der Waals surface area contributed by atoms with Crippen LogP contribution in [0.5, 0.6) is 5.95 Å². The highest BCUT2D eigenvalue weighted by Gasteiger charge is 2.16. The molecule has 0 aliphatic carbocycles. The number of rotatable bonds is 4. The summed E-state index contributed by atoms with van der Waals surface area (Å²) in [5.41, 5.74) is -0.257. The van der Waals surface area contributed by atoms with Gasteiger partial charge in [-0.15, -0.1) is 0 Å². The number of allylic oxidation sites excluding steroid dienone is 1. The molecular weight excluding hydrogens is 270 g/mol. The van der Waals surface area contributed by atoms with Crippen molar-refractivity contribution in [3.05, 3.63) is 69.6 Å². The first-order valence-electron chi connectivity index (χ1n) is 6.19. The van der Waals surface area contributed by atoms with Crippen LogP contribution in [0, 0.1) is 5.41 Å². The van der Waals surface area contributed by atoms with Gasteiger partial charge in [0.1, 0.15) is 5.56 Å². The molecule has 5 nitrogen and oxygen atoms in total. The van der Waals surface area contributed by atoms with Crippen molar-refractivity contribution in [2.24, 2.45) is 0 Å². The third kappa shape index (κ3) is 3.33. The Hall–Kier alpha value is -2.95. The van der Waals surface area contributed by atoms with Crippen molar-refractivity contribution in [2.45, 2.75) is 6.92 Å². The third-order valence-corrected chi connectivity index (χ3v) is 2.82. The summed E-state index contributed by atoms with van der Waals surface area (Å²) in [6, 6.07) is 10.3. The first kappa shape index (κ1) is 14.5. The van der Waals surface area contributed by atoms with Crippen molar-refractivity contribution in [3.8, 4) is 5.95 Å². The second-order valence-corrected chi connectivity index (χ2v) is 4.40. The maximum absolute atomic E-state index is 12.0. The molecule has 1 aromatic carbocycles. The van der Waals surface area contributed by atoms with Crippen LogP contribution in [0.3, 0.4) is 0 Å². The van der Waals surface area contributed by atoms with Crippen molar-refractivity contribution >= 4 is 17.6 Å². The predicted octanol–water partition coefficient (Wildman–Crippen LogP) is 2.63. The second kappa shape index (κ2) is 6.00. The number of hydrogen-bond acceptors (Lipinski definition) is 5. The molecule has 0 radical (unpaired) electrons. The van der Waals surface area contributed by atoms with Gasteiger partial charge in [0, 0.05) is 5.71 Å². The Morgan fingerprint density at radius 1 is 1.24 bits per heavy atom. The monoisotopic (exact) mass is 283 g/mol. The first-order chi connectivity index (χ1) is 9.99. The normalized spacial score (nSPS) is 10.7. The number of hydrogen-bond donors (Lipinski definition) is 2. The van der Waals surface area contributed by atoms with Crippen LogP contribution < -0.4 is 5.63 Å². The Balaban J connectivity index is 2.36. The Labute approximate surface area is 120 Å². The lowest BCUT2D eigenvalue weighted by atomic mass is 10.1. The highest BCUT2D eigenvalue weighted by atomic mass is 16.5. The maximum atomic E-state index is 12.0. The summed E-state index contributed by atoms with van der Waals surface area (Å²) in [4.78, 5) is 23.5. The standard InChI is InChI=1S/C16H13NO4/c1-10(17)12-9-13(16(20)21-15(12)19)14(18)8-7-11-5-3-2-4-6-11/h2-9,17,20H,1H3/b8-7+,17-10?. The van der Waals surface area contributed by atoms with Gasteiger partial charge in [-0.25, -0.2) is 4.79 Å². The minimum atomic E-state index is -0.844. The molecule has 0 fully saturated rings. The van der Waals surface area contributed by atoms with Crippen molar-refractivity contribution < 1.29 is 14.3 Å². The molecule has 1 heterocycles. The molecule has 0 aliphatic heterocycles. The molecule has 2 N–H and O–H groups in total. The molecule has 2 rings (SSSR count). The molecule has 0 amide bonds. The average molecular weight is 283 g/mol. The third-order valence-electron chi connectivity index (χ3n) is 2.82. The summed E-state index contributed by atoms with van der Waals surface area (Å²) in [5.74, 6) is -1.25. The smallest absolute Gasteiger partial charge is 0.347 e. The van der Waals surface area contributed by atoms with E-state index in [1.807, 2.05) is 30.3 Å². The van der Waals surface area contributed by atoms with E-state index in [0.717, 1.165) is 5.56 Å². The van der Waals surface area contributed by atoms with E-state index >= 15 is 0 Å². The number of benzene rings is 1. The number of aromatic hydroxyl groups is 1. The largest absolute Gasteiger partial charge is 0.480 e. The molecule has 21 heavy (non-hydrogen) atoms. The zero-order valence-corrected chi connectivity index (χ0v) is 11.3. The maximum Gasteiger partial charge on any atom is 0.347 e. The van der Waals surface area contributed by atoms with Gasteiger partial charge in [-0.1, -0.05) is 36.4 Å². The summed E-state index contributed by atoms with van der Waals surface area (Å²) in [6.07, 6.45) is 2.86. The van der Waals surface area contributed by atoms with Crippen LogP contribution in [0.2, 0.25) is 0 Å². The van der Waals surface area contributed by atoms with E-state index in [2.05, 4.69) is 4.42 Å². The van der Waals surface area contributed by atoms with Crippen molar-refractivity contribution in [2.75, 3.05) is 0 Å². The fourth-order valence-corrected chi connectivity index (χ4v) is 1.73. The van der Waals surface area contributed by atoms with Crippen LogP contribution in [0.15, 0.2) is 51.7 Å². The summed E-state index contributed by atoms with van der Waals surface area (Å²) >= 11 is 0. The molecule has 1 aromatic heterocycles. The lowest BCUT2D eigenvalue weighted by Crippen LogP contribution is -2.13. The van der Waals surface area contributed by atoms with E-state index in [0.29, 0.717) is 0 Å². The van der Waals surface area contributed by atoms with Crippen LogP contribution in [-0.2, 0) is 0 Å². The number of nitrogens with one attached hydrogen (secondary N) is 1. The minimum absolute atomic E-state index is 0.0372. The van der Waals surface area contributed by atoms with E-state index < -0.39 is 17.4 Å². The lowest BCUT2D eigenvalue weighted by molar-refractivity contribution is 0.104. The topological polar surface area (TPSA) is 91.4 Å². The van der Waals surface area contributed by atoms with Gasteiger partial charge in [-0.05, 0) is 24.6 Å². The van der Waals surface area contributed by atoms with Crippen LogP contribution in [0.25, 0.3) is 6.08 Å². The molecule has 106 valence electrons. The summed E-state index contributed by atoms with van der Waals surface area (Å²) < 4.78 is 4.58. The van der Waals surface area contributed by atoms with Gasteiger partial charge >= 0.3 is 5.63 Å². The Kier molecular flexibility index (Phi) is 4.13. The van der Waals surface area contributed by atoms with Crippen molar-refractivity contribution in [1.29, 1.82) is 5.41 Å². The fraction of sp³-hybridized carbons (Fsp3) is 0.0625. The molecule has 2 aromatic rings. The van der Waals surface area contributed by atoms with Gasteiger partial charge in [-0.3, -0.25) is 4.79 Å². The van der Waals surface area contributed by atoms with Crippen molar-refractivity contribution in [3.63, 3.8) is 0 Å². The van der Waals surface area contributed by atoms with Crippen LogP contribution in [-0.4, -0.2) is 16.6 Å². The Bertz CT molecular complexity index is 773. The molecule has 5 heteroatoms. The molecule has 0 atom stereocenters. The number of carbonyl (C=O) groups is 1.